The van der Waals surface area contributed by atoms with Crippen LogP contribution in [0.2, 0.25) is 0 Å². The van der Waals surface area contributed by atoms with E-state index in [0.717, 1.165) is 10.9 Å². The number of rotatable bonds is 15. The maximum atomic E-state index is 14.8. The lowest BCUT2D eigenvalue weighted by molar-refractivity contribution is -0.147. The van der Waals surface area contributed by atoms with E-state index in [1.165, 1.54) is 36.7 Å². The Balaban J connectivity index is 1.27. The molecule has 0 spiro atoms. The van der Waals surface area contributed by atoms with E-state index in [1.54, 1.807) is 18.2 Å². The lowest BCUT2D eigenvalue weighted by Gasteiger charge is -2.27. The van der Waals surface area contributed by atoms with Crippen LogP contribution in [0.15, 0.2) is 79.1 Å². The van der Waals surface area contributed by atoms with Crippen LogP contribution in [0.1, 0.15) is 25.1 Å². The Morgan fingerprint density at radius 1 is 1.14 bits per heavy atom. The summed E-state index contributed by atoms with van der Waals surface area (Å²) in [6.45, 7) is 0.863. The lowest BCUT2D eigenvalue weighted by atomic mass is 9.96. The zero-order valence-corrected chi connectivity index (χ0v) is 29.8. The molecule has 5 N–H and O–H groups in total. The van der Waals surface area contributed by atoms with Crippen LogP contribution in [-0.2, 0) is 30.0 Å². The van der Waals surface area contributed by atoms with Gasteiger partial charge >= 0.3 is 13.7 Å². The number of imidazole rings is 1. The number of nitrogens with one attached hydrogen (secondary N) is 1. The Hall–Kier alpha value is -4.28. The number of fused-ring (bicyclic) bond motifs is 2. The van der Waals surface area contributed by atoms with Gasteiger partial charge in [0.2, 0.25) is 11.8 Å². The lowest BCUT2D eigenvalue weighted by Crippen LogP contribution is -2.44. The molecule has 0 amide bonds. The molecule has 1 saturated heterocycles. The van der Waals surface area contributed by atoms with Crippen molar-refractivity contribution >= 4 is 53.4 Å². The SMILES string of the molecule is COc1nc(N)nc2c1ncn2C1OC(COP(=O)(NC(CCSC)C(=O)OCc2ccccc2)Oc2cccc3ccccc23)C(O)C1(C)O. The quantitative estimate of drug-likeness (QED) is 0.0877. The van der Waals surface area contributed by atoms with Crippen molar-refractivity contribution in [3.8, 4) is 11.6 Å². The van der Waals surface area contributed by atoms with E-state index >= 15 is 0 Å². The van der Waals surface area contributed by atoms with Crippen LogP contribution in [0.25, 0.3) is 21.9 Å². The standard InChI is InChI=1S/C34H39N6O9PS/c1-34(43)28(41)26(48-32(34)40-20-36-27-29(40)37-33(35)38-30(27)45-2)19-47-50(44,49-25-15-9-13-22-12-7-8-14-23(22)25)39-24(16-17-51-3)31(42)46-18-21-10-5-4-6-11-21/h4-15,20,24,26,28,32,41,43H,16-19H2,1-3H3,(H,39,44)(H2,35,37,38). The zero-order valence-electron chi connectivity index (χ0n) is 28.1. The van der Waals surface area contributed by atoms with Gasteiger partial charge in [-0.2, -0.15) is 26.8 Å². The van der Waals surface area contributed by atoms with Crippen molar-refractivity contribution in [1.82, 2.24) is 24.6 Å². The van der Waals surface area contributed by atoms with Gasteiger partial charge in [-0.1, -0.05) is 66.7 Å². The Morgan fingerprint density at radius 3 is 2.65 bits per heavy atom. The molecule has 2 aromatic heterocycles. The van der Waals surface area contributed by atoms with E-state index in [2.05, 4.69) is 20.0 Å². The summed E-state index contributed by atoms with van der Waals surface area (Å²) in [6, 6.07) is 20.7. The number of hydrogen-bond donors (Lipinski definition) is 4. The molecule has 5 aromatic rings. The van der Waals surface area contributed by atoms with Crippen LogP contribution in [-0.4, -0.2) is 85.3 Å². The highest BCUT2D eigenvalue weighted by atomic mass is 32.2. The molecule has 1 fully saturated rings. The van der Waals surface area contributed by atoms with Crippen LogP contribution < -0.4 is 20.1 Å². The van der Waals surface area contributed by atoms with Crippen LogP contribution in [0, 0.1) is 0 Å². The summed E-state index contributed by atoms with van der Waals surface area (Å²) in [5.74, 6) is 0.125. The number of benzene rings is 3. The summed E-state index contributed by atoms with van der Waals surface area (Å²) in [5.41, 5.74) is 5.20. The van der Waals surface area contributed by atoms with Crippen molar-refractivity contribution in [3.05, 3.63) is 84.7 Å². The largest absolute Gasteiger partial charge is 0.479 e. The van der Waals surface area contributed by atoms with Crippen molar-refractivity contribution in [2.75, 3.05) is 31.5 Å². The number of nitrogens with zero attached hydrogens (tertiary/aromatic N) is 4. The Labute approximate surface area is 298 Å². The summed E-state index contributed by atoms with van der Waals surface area (Å²) < 4.78 is 45.3. The number of carbonyl (C=O) groups is 1. The topological polar surface area (TPSA) is 202 Å². The summed E-state index contributed by atoms with van der Waals surface area (Å²) >= 11 is 1.50. The van der Waals surface area contributed by atoms with Crippen molar-refractivity contribution < 1.29 is 42.8 Å². The molecule has 270 valence electrons. The molecule has 0 saturated carbocycles. The Kier molecular flexibility index (Phi) is 11.1. The molecular weight excluding hydrogens is 699 g/mol. The second-order valence-corrected chi connectivity index (χ2v) is 14.7. The van der Waals surface area contributed by atoms with Crippen LogP contribution in [0.4, 0.5) is 5.95 Å². The normalized spacial score (nSPS) is 22.1. The number of aliphatic hydroxyl groups excluding tert-OH is 1. The number of carbonyl (C=O) groups excluding carboxylic acids is 1. The Morgan fingerprint density at radius 2 is 1.88 bits per heavy atom. The minimum absolute atomic E-state index is 0.0103. The third-order valence-corrected chi connectivity index (χ3v) is 10.6. The number of methoxy groups -OCH3 is 1. The molecule has 0 bridgehead atoms. The molecule has 51 heavy (non-hydrogen) atoms. The Bertz CT molecular complexity index is 2030. The van der Waals surface area contributed by atoms with Crippen LogP contribution >= 0.6 is 19.5 Å². The molecule has 6 atom stereocenters. The van der Waals surface area contributed by atoms with E-state index in [1.807, 2.05) is 60.9 Å². The smallest absolute Gasteiger partial charge is 0.459 e. The van der Waals surface area contributed by atoms with Gasteiger partial charge in [-0.25, -0.2) is 9.55 Å². The molecule has 3 aromatic carbocycles. The van der Waals surface area contributed by atoms with Crippen molar-refractivity contribution in [2.24, 2.45) is 0 Å². The number of esters is 1. The number of aromatic nitrogens is 4. The van der Waals surface area contributed by atoms with Gasteiger partial charge < -0.3 is 34.7 Å². The van der Waals surface area contributed by atoms with Crippen molar-refractivity contribution in [3.63, 3.8) is 0 Å². The maximum absolute atomic E-state index is 14.8. The van der Waals surface area contributed by atoms with Gasteiger partial charge in [0.1, 0.15) is 36.2 Å². The molecule has 6 unspecified atom stereocenters. The zero-order chi connectivity index (χ0) is 36.2. The van der Waals surface area contributed by atoms with Gasteiger partial charge in [0.25, 0.3) is 0 Å². The van der Waals surface area contributed by atoms with Gasteiger partial charge in [0, 0.05) is 5.39 Å². The third kappa shape index (κ3) is 7.97. The van der Waals surface area contributed by atoms with E-state index in [0.29, 0.717) is 11.1 Å². The summed E-state index contributed by atoms with van der Waals surface area (Å²) in [7, 11) is -3.05. The highest BCUT2D eigenvalue weighted by molar-refractivity contribution is 7.98. The number of aliphatic hydroxyl groups is 2. The van der Waals surface area contributed by atoms with E-state index in [9.17, 15) is 19.6 Å². The van der Waals surface area contributed by atoms with Gasteiger partial charge in [-0.05, 0) is 42.4 Å². The average Bonchev–Trinajstić information content (AvgIpc) is 3.64. The predicted molar refractivity (Wildman–Crippen MR) is 191 cm³/mol. The number of anilines is 1. The average molecular weight is 739 g/mol. The highest BCUT2D eigenvalue weighted by Gasteiger charge is 2.54. The number of hydrogen-bond acceptors (Lipinski definition) is 14. The summed E-state index contributed by atoms with van der Waals surface area (Å²) in [4.78, 5) is 26.0. The molecule has 3 heterocycles. The first-order chi connectivity index (χ1) is 24.5. The molecule has 6 rings (SSSR count). The third-order valence-electron chi connectivity index (χ3n) is 8.42. The van der Waals surface area contributed by atoms with Gasteiger partial charge in [-0.15, -0.1) is 0 Å². The summed E-state index contributed by atoms with van der Waals surface area (Å²) in [6.07, 6.45) is -0.541. The first-order valence-electron chi connectivity index (χ1n) is 16.0. The number of thioether (sulfide) groups is 1. The highest BCUT2D eigenvalue weighted by Crippen LogP contribution is 2.49. The minimum Gasteiger partial charge on any atom is -0.479 e. The molecule has 0 aliphatic carbocycles. The summed E-state index contributed by atoms with van der Waals surface area (Å²) in [5, 5.41) is 27.1. The fourth-order valence-electron chi connectivity index (χ4n) is 5.76. The molecule has 1 aliphatic heterocycles. The fourth-order valence-corrected chi connectivity index (χ4v) is 7.78. The maximum Gasteiger partial charge on any atom is 0.459 e. The van der Waals surface area contributed by atoms with Gasteiger partial charge in [-0.3, -0.25) is 13.9 Å². The first kappa shape index (κ1) is 36.5. The van der Waals surface area contributed by atoms with Crippen molar-refractivity contribution in [1.29, 1.82) is 0 Å². The number of nitrogens with two attached hydrogens (primary N) is 1. The minimum atomic E-state index is -4.45. The monoisotopic (exact) mass is 738 g/mol. The van der Waals surface area contributed by atoms with E-state index in [-0.39, 0.29) is 41.8 Å². The molecular formula is C34H39N6O9PS. The van der Waals surface area contributed by atoms with Crippen LogP contribution in [0.5, 0.6) is 11.6 Å². The number of ether oxygens (including phenoxy) is 3. The molecule has 15 nitrogen and oxygen atoms in total. The van der Waals surface area contributed by atoms with Crippen LogP contribution in [0.3, 0.4) is 0 Å². The first-order valence-corrected chi connectivity index (χ1v) is 19.0. The molecule has 17 heteroatoms. The predicted octanol–water partition coefficient (Wildman–Crippen LogP) is 4.24. The molecule has 0 radical (unpaired) electrons. The van der Waals surface area contributed by atoms with E-state index < -0.39 is 50.4 Å². The van der Waals surface area contributed by atoms with Gasteiger partial charge in [0.05, 0.1) is 20.0 Å². The second-order valence-electron chi connectivity index (χ2n) is 12.0. The van der Waals surface area contributed by atoms with Gasteiger partial charge in [0.15, 0.2) is 17.4 Å². The van der Waals surface area contributed by atoms with E-state index in [4.69, 9.17) is 29.0 Å². The second kappa shape index (κ2) is 15.5. The fraction of sp³-hybridized carbons (Fsp3) is 0.353. The molecule has 1 aliphatic rings. The van der Waals surface area contributed by atoms with Crippen molar-refractivity contribution in [2.45, 2.75) is 50.0 Å². The number of nitrogen functional groups attached to an aromatic ring is 1.